The standard InChI is InChI=1S/C6H7F3N/c7-6(8,9)5-1-3-10-4-2-5/h1H,2-4H2. The summed E-state index contributed by atoms with van der Waals surface area (Å²) in [5.74, 6) is 0. The number of halogens is 3. The molecule has 4 heteroatoms. The highest BCUT2D eigenvalue weighted by molar-refractivity contribution is 5.12. The molecule has 0 saturated heterocycles. The number of hydrogen-bond donors (Lipinski definition) is 0. The lowest BCUT2D eigenvalue weighted by Crippen LogP contribution is -2.22. The highest BCUT2D eigenvalue weighted by Crippen LogP contribution is 2.28. The molecule has 10 heavy (non-hydrogen) atoms. The molecule has 1 rings (SSSR count). The Labute approximate surface area is 56.9 Å². The molecule has 0 aromatic carbocycles. The Bertz CT molecular complexity index is 148. The van der Waals surface area contributed by atoms with Crippen LogP contribution in [0.4, 0.5) is 13.2 Å². The van der Waals surface area contributed by atoms with Gasteiger partial charge in [0.05, 0.1) is 0 Å². The molecule has 1 aliphatic rings. The van der Waals surface area contributed by atoms with Crippen LogP contribution in [0.2, 0.25) is 0 Å². The van der Waals surface area contributed by atoms with Crippen LogP contribution in [-0.2, 0) is 0 Å². The third-order valence-corrected chi connectivity index (χ3v) is 1.37. The van der Waals surface area contributed by atoms with Crippen molar-refractivity contribution in [3.05, 3.63) is 11.6 Å². The monoisotopic (exact) mass is 150 g/mol. The van der Waals surface area contributed by atoms with Gasteiger partial charge >= 0.3 is 6.18 Å². The van der Waals surface area contributed by atoms with Crippen molar-refractivity contribution in [2.75, 3.05) is 13.1 Å². The highest BCUT2D eigenvalue weighted by Gasteiger charge is 2.33. The van der Waals surface area contributed by atoms with Gasteiger partial charge in [0.15, 0.2) is 0 Å². The van der Waals surface area contributed by atoms with E-state index in [4.69, 9.17) is 0 Å². The first-order valence-corrected chi connectivity index (χ1v) is 3.00. The summed E-state index contributed by atoms with van der Waals surface area (Å²) in [5, 5.41) is 3.76. The maximum atomic E-state index is 11.8. The van der Waals surface area contributed by atoms with Gasteiger partial charge in [0.2, 0.25) is 0 Å². The molecule has 0 bridgehead atoms. The van der Waals surface area contributed by atoms with Gasteiger partial charge < -0.3 is 0 Å². The van der Waals surface area contributed by atoms with Crippen LogP contribution in [0.5, 0.6) is 0 Å². The molecule has 0 saturated carbocycles. The van der Waals surface area contributed by atoms with E-state index in [1.165, 1.54) is 0 Å². The highest BCUT2D eigenvalue weighted by atomic mass is 19.4. The van der Waals surface area contributed by atoms with Crippen LogP contribution >= 0.6 is 0 Å². The fraction of sp³-hybridized carbons (Fsp3) is 0.667. The van der Waals surface area contributed by atoms with Gasteiger partial charge in [-0.25, -0.2) is 5.32 Å². The molecule has 1 aliphatic heterocycles. The number of rotatable bonds is 0. The zero-order valence-electron chi connectivity index (χ0n) is 5.28. The molecule has 0 aromatic rings. The van der Waals surface area contributed by atoms with Crippen molar-refractivity contribution in [2.45, 2.75) is 12.6 Å². The van der Waals surface area contributed by atoms with E-state index in [0.29, 0.717) is 6.54 Å². The Morgan fingerprint density at radius 3 is 2.40 bits per heavy atom. The molecule has 0 atom stereocenters. The zero-order valence-corrected chi connectivity index (χ0v) is 5.28. The Morgan fingerprint density at radius 1 is 1.40 bits per heavy atom. The van der Waals surface area contributed by atoms with Gasteiger partial charge in [0, 0.05) is 18.7 Å². The third-order valence-electron chi connectivity index (χ3n) is 1.37. The van der Waals surface area contributed by atoms with Gasteiger partial charge in [0.1, 0.15) is 0 Å². The average Bonchev–Trinajstić information content (AvgIpc) is 1.88. The largest absolute Gasteiger partial charge is 0.412 e. The summed E-state index contributed by atoms with van der Waals surface area (Å²) in [5.41, 5.74) is -0.428. The molecule has 0 amide bonds. The number of hydrogen-bond acceptors (Lipinski definition) is 0. The molecule has 0 aromatic heterocycles. The fourth-order valence-corrected chi connectivity index (χ4v) is 0.825. The van der Waals surface area contributed by atoms with Crippen molar-refractivity contribution in [1.82, 2.24) is 5.32 Å². The normalized spacial score (nSPS) is 20.5. The summed E-state index contributed by atoms with van der Waals surface area (Å²) in [6.45, 7) is 0.528. The van der Waals surface area contributed by atoms with E-state index in [1.54, 1.807) is 0 Å². The van der Waals surface area contributed by atoms with Crippen molar-refractivity contribution < 1.29 is 13.2 Å². The van der Waals surface area contributed by atoms with Crippen molar-refractivity contribution in [2.24, 2.45) is 0 Å². The quantitative estimate of drug-likeness (QED) is 0.464. The fourth-order valence-electron chi connectivity index (χ4n) is 0.825. The topological polar surface area (TPSA) is 14.1 Å². The van der Waals surface area contributed by atoms with E-state index in [2.05, 4.69) is 5.32 Å². The molecule has 0 unspecified atom stereocenters. The second-order valence-corrected chi connectivity index (χ2v) is 2.11. The summed E-state index contributed by atoms with van der Waals surface area (Å²) in [6, 6.07) is 0. The predicted molar refractivity (Wildman–Crippen MR) is 30.6 cm³/mol. The van der Waals surface area contributed by atoms with Gasteiger partial charge in [-0.2, -0.15) is 13.2 Å². The minimum Gasteiger partial charge on any atom is -0.237 e. The summed E-state index contributed by atoms with van der Waals surface area (Å²) in [4.78, 5) is 0. The molecule has 0 spiro atoms. The van der Waals surface area contributed by atoms with Crippen molar-refractivity contribution >= 4 is 0 Å². The van der Waals surface area contributed by atoms with Crippen molar-refractivity contribution in [3.8, 4) is 0 Å². The van der Waals surface area contributed by atoms with Crippen LogP contribution in [0.25, 0.3) is 0 Å². The van der Waals surface area contributed by atoms with E-state index in [1.807, 2.05) is 0 Å². The zero-order chi connectivity index (χ0) is 7.61. The summed E-state index contributed by atoms with van der Waals surface area (Å²) < 4.78 is 35.5. The molecule has 57 valence electrons. The minimum absolute atomic E-state index is 0.0451. The van der Waals surface area contributed by atoms with Crippen LogP contribution in [0.3, 0.4) is 0 Å². The minimum atomic E-state index is -4.13. The van der Waals surface area contributed by atoms with Crippen LogP contribution in [0, 0.1) is 0 Å². The molecule has 0 fully saturated rings. The van der Waals surface area contributed by atoms with E-state index in [0.717, 1.165) is 6.08 Å². The summed E-state index contributed by atoms with van der Waals surface area (Å²) in [6.07, 6.45) is -2.94. The summed E-state index contributed by atoms with van der Waals surface area (Å²) >= 11 is 0. The van der Waals surface area contributed by atoms with E-state index in [-0.39, 0.29) is 13.0 Å². The lowest BCUT2D eigenvalue weighted by molar-refractivity contribution is -0.0947. The Morgan fingerprint density at radius 2 is 2.10 bits per heavy atom. The Balaban J connectivity index is 2.62. The maximum absolute atomic E-state index is 11.8. The number of alkyl halides is 3. The van der Waals surface area contributed by atoms with Crippen LogP contribution in [0.15, 0.2) is 11.6 Å². The van der Waals surface area contributed by atoms with Crippen LogP contribution in [-0.4, -0.2) is 19.3 Å². The lowest BCUT2D eigenvalue weighted by atomic mass is 10.1. The molecule has 0 aliphatic carbocycles. The van der Waals surface area contributed by atoms with Gasteiger partial charge in [-0.05, 0) is 6.42 Å². The average molecular weight is 150 g/mol. The molecular weight excluding hydrogens is 143 g/mol. The molecular formula is C6H7F3N. The third kappa shape index (κ3) is 1.73. The first-order chi connectivity index (χ1) is 4.61. The van der Waals surface area contributed by atoms with Crippen molar-refractivity contribution in [3.63, 3.8) is 0 Å². The first kappa shape index (κ1) is 7.60. The van der Waals surface area contributed by atoms with E-state index in [9.17, 15) is 13.2 Å². The van der Waals surface area contributed by atoms with Gasteiger partial charge in [-0.15, -0.1) is 0 Å². The Kier molecular flexibility index (Phi) is 1.99. The maximum Gasteiger partial charge on any atom is 0.412 e. The second-order valence-electron chi connectivity index (χ2n) is 2.11. The number of nitrogens with zero attached hydrogens (tertiary/aromatic N) is 1. The van der Waals surface area contributed by atoms with Crippen LogP contribution < -0.4 is 5.32 Å². The van der Waals surface area contributed by atoms with Gasteiger partial charge in [-0.1, -0.05) is 6.08 Å². The lowest BCUT2D eigenvalue weighted by Gasteiger charge is -2.14. The van der Waals surface area contributed by atoms with Gasteiger partial charge in [0.25, 0.3) is 0 Å². The smallest absolute Gasteiger partial charge is 0.237 e. The van der Waals surface area contributed by atoms with Crippen LogP contribution in [0.1, 0.15) is 6.42 Å². The molecule has 1 nitrogen and oxygen atoms in total. The SMILES string of the molecule is FC(F)(F)C1=CC[N]CC1. The molecule has 0 N–H and O–H groups in total. The predicted octanol–water partition coefficient (Wildman–Crippen LogP) is 1.48. The van der Waals surface area contributed by atoms with E-state index >= 15 is 0 Å². The molecule has 1 radical (unpaired) electrons. The molecule has 1 heterocycles. The summed E-state index contributed by atoms with van der Waals surface area (Å²) in [7, 11) is 0. The first-order valence-electron chi connectivity index (χ1n) is 3.00. The second kappa shape index (κ2) is 2.62. The van der Waals surface area contributed by atoms with Crippen molar-refractivity contribution in [1.29, 1.82) is 0 Å². The van der Waals surface area contributed by atoms with Gasteiger partial charge in [-0.3, -0.25) is 0 Å². The Hall–Kier alpha value is -0.510. The van der Waals surface area contributed by atoms with E-state index < -0.39 is 11.7 Å².